The number of ether oxygens (including phenoxy) is 1. The Morgan fingerprint density at radius 2 is 1.96 bits per heavy atom. The van der Waals surface area contributed by atoms with Gasteiger partial charge in [-0.3, -0.25) is 9.59 Å². The van der Waals surface area contributed by atoms with Crippen LogP contribution in [-0.2, 0) is 11.2 Å². The van der Waals surface area contributed by atoms with Crippen LogP contribution in [0.2, 0.25) is 0 Å². The maximum Gasteiger partial charge on any atom is 0.255 e. The predicted molar refractivity (Wildman–Crippen MR) is 89.1 cm³/mol. The van der Waals surface area contributed by atoms with Crippen LogP contribution in [0.15, 0.2) is 42.5 Å². The number of nitrogens with one attached hydrogen (secondary N) is 1. The predicted octanol–water partition coefficient (Wildman–Crippen LogP) is 2.86. The lowest BCUT2D eigenvalue weighted by atomic mass is 10.1. The number of anilines is 2. The molecule has 5 heteroatoms. The molecule has 0 spiro atoms. The molecule has 0 fully saturated rings. The highest BCUT2D eigenvalue weighted by molar-refractivity contribution is 6.08. The van der Waals surface area contributed by atoms with Crippen LogP contribution in [0.5, 0.6) is 5.75 Å². The van der Waals surface area contributed by atoms with Crippen molar-refractivity contribution in [1.29, 1.82) is 0 Å². The van der Waals surface area contributed by atoms with Crippen molar-refractivity contribution in [2.24, 2.45) is 0 Å². The van der Waals surface area contributed by atoms with Crippen molar-refractivity contribution >= 4 is 23.2 Å². The molecule has 23 heavy (non-hydrogen) atoms. The van der Waals surface area contributed by atoms with E-state index >= 15 is 0 Å². The molecule has 0 saturated heterocycles. The average molecular weight is 310 g/mol. The Labute approximate surface area is 134 Å². The highest BCUT2D eigenvalue weighted by Gasteiger charge is 2.25. The van der Waals surface area contributed by atoms with Gasteiger partial charge in [0.2, 0.25) is 5.91 Å². The summed E-state index contributed by atoms with van der Waals surface area (Å²) in [4.78, 5) is 26.0. The minimum atomic E-state index is -0.229. The van der Waals surface area contributed by atoms with Gasteiger partial charge >= 0.3 is 0 Å². The first-order chi connectivity index (χ1) is 11.1. The van der Waals surface area contributed by atoms with Gasteiger partial charge in [-0.05, 0) is 36.2 Å². The Morgan fingerprint density at radius 3 is 2.70 bits per heavy atom. The number of amides is 2. The Hall–Kier alpha value is -2.82. The largest absolute Gasteiger partial charge is 0.497 e. The summed E-state index contributed by atoms with van der Waals surface area (Å²) < 4.78 is 5.14. The summed E-state index contributed by atoms with van der Waals surface area (Å²) in [5, 5.41) is 2.91. The van der Waals surface area contributed by atoms with E-state index in [1.807, 2.05) is 18.2 Å². The zero-order valence-corrected chi connectivity index (χ0v) is 13.1. The lowest BCUT2D eigenvalue weighted by Gasteiger charge is -2.19. The molecule has 1 aliphatic heterocycles. The van der Waals surface area contributed by atoms with E-state index in [0.29, 0.717) is 23.5 Å². The maximum atomic E-state index is 12.5. The fraction of sp³-hybridized carbons (Fsp3) is 0.222. The van der Waals surface area contributed by atoms with E-state index in [9.17, 15) is 9.59 Å². The number of carbonyl (C=O) groups excluding carboxylic acids is 2. The summed E-state index contributed by atoms with van der Waals surface area (Å²) in [6.45, 7) is 2.19. The van der Waals surface area contributed by atoms with Gasteiger partial charge in [-0.2, -0.15) is 0 Å². The van der Waals surface area contributed by atoms with E-state index in [0.717, 1.165) is 17.7 Å². The molecule has 1 aliphatic rings. The van der Waals surface area contributed by atoms with E-state index in [4.69, 9.17) is 4.74 Å². The fourth-order valence-corrected chi connectivity index (χ4v) is 2.83. The van der Waals surface area contributed by atoms with Gasteiger partial charge < -0.3 is 15.0 Å². The number of rotatable bonds is 3. The van der Waals surface area contributed by atoms with Gasteiger partial charge in [-0.25, -0.2) is 0 Å². The van der Waals surface area contributed by atoms with Gasteiger partial charge in [0.15, 0.2) is 0 Å². The zero-order valence-electron chi connectivity index (χ0n) is 13.1. The smallest absolute Gasteiger partial charge is 0.255 e. The molecule has 2 amide bonds. The summed E-state index contributed by atoms with van der Waals surface area (Å²) in [6, 6.07) is 12.7. The number of nitrogens with zero attached hydrogens (tertiary/aromatic N) is 1. The molecule has 0 aromatic heterocycles. The number of hydrogen-bond donors (Lipinski definition) is 1. The van der Waals surface area contributed by atoms with Crippen LogP contribution in [0.25, 0.3) is 0 Å². The molecule has 5 nitrogen and oxygen atoms in total. The van der Waals surface area contributed by atoms with Gasteiger partial charge in [0.25, 0.3) is 5.91 Å². The Kier molecular flexibility index (Phi) is 4.02. The lowest BCUT2D eigenvalue weighted by Crippen LogP contribution is -2.27. The van der Waals surface area contributed by atoms with Crippen LogP contribution in [0.3, 0.4) is 0 Å². The number of benzene rings is 2. The third-order valence-corrected chi connectivity index (χ3v) is 3.95. The molecule has 0 radical (unpaired) electrons. The second kappa shape index (κ2) is 6.12. The first-order valence-corrected chi connectivity index (χ1v) is 7.45. The van der Waals surface area contributed by atoms with Crippen LogP contribution in [0, 0.1) is 0 Å². The number of methoxy groups -OCH3 is 1. The molecule has 0 aliphatic carbocycles. The summed E-state index contributed by atoms with van der Waals surface area (Å²) in [7, 11) is 1.56. The Balaban J connectivity index is 1.90. The van der Waals surface area contributed by atoms with Crippen molar-refractivity contribution in [3.63, 3.8) is 0 Å². The van der Waals surface area contributed by atoms with Gasteiger partial charge in [-0.1, -0.05) is 18.2 Å². The van der Waals surface area contributed by atoms with Crippen molar-refractivity contribution < 1.29 is 14.3 Å². The minimum Gasteiger partial charge on any atom is -0.497 e. The van der Waals surface area contributed by atoms with Crippen LogP contribution >= 0.6 is 0 Å². The van der Waals surface area contributed by atoms with Gasteiger partial charge in [0.1, 0.15) is 5.75 Å². The Bertz CT molecular complexity index is 771. The molecule has 3 rings (SSSR count). The summed E-state index contributed by atoms with van der Waals surface area (Å²) in [5.41, 5.74) is 3.04. The molecular formula is C18H18N2O3. The van der Waals surface area contributed by atoms with Crippen molar-refractivity contribution in [3.05, 3.63) is 53.6 Å². The maximum absolute atomic E-state index is 12.5. The van der Waals surface area contributed by atoms with Crippen molar-refractivity contribution in [3.8, 4) is 5.75 Å². The van der Waals surface area contributed by atoms with Gasteiger partial charge in [0, 0.05) is 19.0 Å². The summed E-state index contributed by atoms with van der Waals surface area (Å²) >= 11 is 0. The number of carbonyl (C=O) groups is 2. The van der Waals surface area contributed by atoms with Crippen molar-refractivity contribution in [2.45, 2.75) is 13.3 Å². The SMILES string of the molecule is COc1cccc(C(=O)Nc2cccc3c2N(C(C)=O)CC3)c1. The average Bonchev–Trinajstić information content (AvgIpc) is 3.00. The second-order valence-corrected chi connectivity index (χ2v) is 5.42. The number of hydrogen-bond acceptors (Lipinski definition) is 3. The molecule has 0 unspecified atom stereocenters. The Morgan fingerprint density at radius 1 is 1.17 bits per heavy atom. The lowest BCUT2D eigenvalue weighted by molar-refractivity contribution is -0.116. The zero-order chi connectivity index (χ0) is 16.4. The van der Waals surface area contributed by atoms with E-state index < -0.39 is 0 Å². The van der Waals surface area contributed by atoms with Crippen LogP contribution in [0.1, 0.15) is 22.8 Å². The van der Waals surface area contributed by atoms with Crippen LogP contribution in [-0.4, -0.2) is 25.5 Å². The van der Waals surface area contributed by atoms with Crippen molar-refractivity contribution in [1.82, 2.24) is 0 Å². The van der Waals surface area contributed by atoms with Gasteiger partial charge in [0.05, 0.1) is 18.5 Å². The first-order valence-electron chi connectivity index (χ1n) is 7.45. The van der Waals surface area contributed by atoms with Gasteiger partial charge in [-0.15, -0.1) is 0 Å². The standard InChI is InChI=1S/C18H18N2O3/c1-12(21)20-10-9-13-5-4-8-16(17(13)20)19-18(22)14-6-3-7-15(11-14)23-2/h3-8,11H,9-10H2,1-2H3,(H,19,22). The highest BCUT2D eigenvalue weighted by atomic mass is 16.5. The monoisotopic (exact) mass is 310 g/mol. The fourth-order valence-electron chi connectivity index (χ4n) is 2.83. The molecule has 1 heterocycles. The molecule has 0 atom stereocenters. The second-order valence-electron chi connectivity index (χ2n) is 5.42. The molecule has 0 bridgehead atoms. The summed E-state index contributed by atoms with van der Waals surface area (Å²) in [5.74, 6) is 0.376. The number of fused-ring (bicyclic) bond motifs is 1. The van der Waals surface area contributed by atoms with Crippen LogP contribution < -0.4 is 15.0 Å². The molecule has 0 saturated carbocycles. The topological polar surface area (TPSA) is 58.6 Å². The van der Waals surface area contributed by atoms with E-state index in [-0.39, 0.29) is 11.8 Å². The van der Waals surface area contributed by atoms with E-state index in [1.54, 1.807) is 36.3 Å². The third-order valence-electron chi connectivity index (χ3n) is 3.95. The highest BCUT2D eigenvalue weighted by Crippen LogP contribution is 2.35. The minimum absolute atomic E-state index is 0.0215. The number of para-hydroxylation sites is 1. The van der Waals surface area contributed by atoms with E-state index in [2.05, 4.69) is 5.32 Å². The van der Waals surface area contributed by atoms with Crippen LogP contribution in [0.4, 0.5) is 11.4 Å². The molecule has 118 valence electrons. The van der Waals surface area contributed by atoms with Crippen molar-refractivity contribution in [2.75, 3.05) is 23.9 Å². The quantitative estimate of drug-likeness (QED) is 0.948. The molecule has 2 aromatic rings. The first kappa shape index (κ1) is 15.1. The molecule has 1 N–H and O–H groups in total. The van der Waals surface area contributed by atoms with E-state index in [1.165, 1.54) is 6.92 Å². The molecular weight excluding hydrogens is 292 g/mol. The normalized spacial score (nSPS) is 12.7. The molecule has 2 aromatic carbocycles. The summed E-state index contributed by atoms with van der Waals surface area (Å²) in [6.07, 6.45) is 0.803. The third kappa shape index (κ3) is 2.90.